The second kappa shape index (κ2) is 7.61. The van der Waals surface area contributed by atoms with Crippen molar-refractivity contribution in [3.05, 3.63) is 75.9 Å². The number of benzene rings is 2. The molecule has 1 N–H and O–H groups in total. The third-order valence-corrected chi connectivity index (χ3v) is 4.33. The van der Waals surface area contributed by atoms with Crippen LogP contribution in [0.2, 0.25) is 0 Å². The summed E-state index contributed by atoms with van der Waals surface area (Å²) in [7, 11) is 0. The van der Waals surface area contributed by atoms with E-state index in [0.717, 1.165) is 16.5 Å². The average Bonchev–Trinajstić information content (AvgIpc) is 2.61. The predicted molar refractivity (Wildman–Crippen MR) is 100 cm³/mol. The molecule has 0 saturated carbocycles. The highest BCUT2D eigenvalue weighted by atomic mass is 19.1. The fourth-order valence-corrected chi connectivity index (χ4v) is 2.80. The molecule has 3 aromatic rings. The van der Waals surface area contributed by atoms with Gasteiger partial charge in [-0.25, -0.2) is 9.18 Å². The third kappa shape index (κ3) is 4.34. The van der Waals surface area contributed by atoms with E-state index in [1.807, 2.05) is 13.8 Å². The molecular weight excluding hydrogens is 349 g/mol. The average molecular weight is 369 g/mol. The Morgan fingerprint density at radius 3 is 2.52 bits per heavy atom. The van der Waals surface area contributed by atoms with E-state index in [4.69, 9.17) is 9.15 Å². The maximum absolute atomic E-state index is 13.0. The van der Waals surface area contributed by atoms with Crippen LogP contribution in [-0.4, -0.2) is 12.0 Å². The number of carbonyl (C=O) groups is 1. The number of nitrogens with one attached hydrogen (secondary N) is 1. The summed E-state index contributed by atoms with van der Waals surface area (Å²) in [6.45, 7) is 5.27. The lowest BCUT2D eigenvalue weighted by atomic mass is 10.1. The molecule has 5 nitrogen and oxygen atoms in total. The van der Waals surface area contributed by atoms with E-state index < -0.39 is 11.7 Å². The van der Waals surface area contributed by atoms with Gasteiger partial charge in [-0.05, 0) is 56.2 Å². The Kier molecular flexibility index (Phi) is 5.26. The van der Waals surface area contributed by atoms with Gasteiger partial charge in [0.05, 0.1) is 6.04 Å². The monoisotopic (exact) mass is 369 g/mol. The number of amides is 1. The molecule has 1 amide bonds. The molecule has 3 rings (SSSR count). The first-order valence-electron chi connectivity index (χ1n) is 8.60. The maximum Gasteiger partial charge on any atom is 0.336 e. The summed E-state index contributed by atoms with van der Waals surface area (Å²) in [6.07, 6.45) is -0.762. The SMILES string of the molecule is Cc1cc(=O)oc2cc(O[C@H](C)C(=O)N[C@@H](C)c3ccc(F)cc3)ccc12. The van der Waals surface area contributed by atoms with E-state index in [0.29, 0.717) is 11.3 Å². The molecular formula is C21H20FNO4. The van der Waals surface area contributed by atoms with Crippen molar-refractivity contribution in [3.8, 4) is 5.75 Å². The van der Waals surface area contributed by atoms with Crippen molar-refractivity contribution >= 4 is 16.9 Å². The quantitative estimate of drug-likeness (QED) is 0.693. The highest BCUT2D eigenvalue weighted by molar-refractivity contribution is 5.83. The summed E-state index contributed by atoms with van der Waals surface area (Å²) in [6, 6.07) is 12.2. The largest absolute Gasteiger partial charge is 0.481 e. The minimum Gasteiger partial charge on any atom is -0.481 e. The number of hydrogen-bond acceptors (Lipinski definition) is 4. The van der Waals surface area contributed by atoms with E-state index in [1.54, 1.807) is 37.3 Å². The standard InChI is InChI=1S/C21H20FNO4/c1-12-10-20(24)27-19-11-17(8-9-18(12)19)26-14(3)21(25)23-13(2)15-4-6-16(22)7-5-15/h4-11,13-14H,1-3H3,(H,23,25)/t13-,14+/m0/s1. The Labute approximate surface area is 155 Å². The van der Waals surface area contributed by atoms with Crippen LogP contribution in [0.3, 0.4) is 0 Å². The van der Waals surface area contributed by atoms with Gasteiger partial charge in [0.25, 0.3) is 5.91 Å². The van der Waals surface area contributed by atoms with Crippen LogP contribution in [0.5, 0.6) is 5.75 Å². The number of fused-ring (bicyclic) bond motifs is 1. The minimum absolute atomic E-state index is 0.290. The summed E-state index contributed by atoms with van der Waals surface area (Å²) < 4.78 is 23.9. The van der Waals surface area contributed by atoms with E-state index in [2.05, 4.69) is 5.32 Å². The molecule has 0 saturated heterocycles. The van der Waals surface area contributed by atoms with Crippen molar-refractivity contribution in [3.63, 3.8) is 0 Å². The molecule has 0 bridgehead atoms. The van der Waals surface area contributed by atoms with Crippen LogP contribution >= 0.6 is 0 Å². The highest BCUT2D eigenvalue weighted by Gasteiger charge is 2.18. The lowest BCUT2D eigenvalue weighted by Crippen LogP contribution is -2.37. The van der Waals surface area contributed by atoms with Gasteiger partial charge in [0.2, 0.25) is 0 Å². The topological polar surface area (TPSA) is 68.5 Å². The van der Waals surface area contributed by atoms with Crippen molar-refractivity contribution < 1.29 is 18.3 Å². The molecule has 0 aliphatic heterocycles. The van der Waals surface area contributed by atoms with Crippen LogP contribution in [-0.2, 0) is 4.79 Å². The van der Waals surface area contributed by atoms with Gasteiger partial charge in [-0.2, -0.15) is 0 Å². The van der Waals surface area contributed by atoms with Crippen LogP contribution < -0.4 is 15.7 Å². The minimum atomic E-state index is -0.762. The van der Waals surface area contributed by atoms with Crippen LogP contribution in [0, 0.1) is 12.7 Å². The molecule has 0 radical (unpaired) electrons. The van der Waals surface area contributed by atoms with Crippen LogP contribution in [0.1, 0.15) is 31.0 Å². The molecule has 0 fully saturated rings. The zero-order valence-electron chi connectivity index (χ0n) is 15.3. The maximum atomic E-state index is 13.0. The van der Waals surface area contributed by atoms with E-state index in [-0.39, 0.29) is 17.8 Å². The fourth-order valence-electron chi connectivity index (χ4n) is 2.80. The number of aryl methyl sites for hydroxylation is 1. The van der Waals surface area contributed by atoms with Crippen LogP contribution in [0.25, 0.3) is 11.0 Å². The second-order valence-electron chi connectivity index (χ2n) is 6.45. The molecule has 1 heterocycles. The van der Waals surface area contributed by atoms with Gasteiger partial charge in [-0.3, -0.25) is 4.79 Å². The molecule has 27 heavy (non-hydrogen) atoms. The van der Waals surface area contributed by atoms with Gasteiger partial charge in [-0.15, -0.1) is 0 Å². The molecule has 2 atom stereocenters. The number of rotatable bonds is 5. The summed E-state index contributed by atoms with van der Waals surface area (Å²) in [5.41, 5.74) is 1.58. The molecule has 1 aromatic heterocycles. The van der Waals surface area contributed by atoms with Crippen molar-refractivity contribution in [1.29, 1.82) is 0 Å². The van der Waals surface area contributed by atoms with Crippen molar-refractivity contribution in [2.24, 2.45) is 0 Å². The summed E-state index contributed by atoms with van der Waals surface area (Å²) in [4.78, 5) is 23.9. The van der Waals surface area contributed by atoms with Crippen molar-refractivity contribution in [1.82, 2.24) is 5.32 Å². The van der Waals surface area contributed by atoms with E-state index in [1.165, 1.54) is 18.2 Å². The Bertz CT molecular complexity index is 1030. The number of carbonyl (C=O) groups excluding carboxylic acids is 1. The summed E-state index contributed by atoms with van der Waals surface area (Å²) in [5, 5.41) is 3.64. The number of hydrogen-bond donors (Lipinski definition) is 1. The molecule has 6 heteroatoms. The zero-order valence-corrected chi connectivity index (χ0v) is 15.3. The van der Waals surface area contributed by atoms with Crippen LogP contribution in [0.4, 0.5) is 4.39 Å². The lowest BCUT2D eigenvalue weighted by Gasteiger charge is -2.19. The molecule has 2 aromatic carbocycles. The third-order valence-electron chi connectivity index (χ3n) is 4.33. The Hall–Kier alpha value is -3.15. The van der Waals surface area contributed by atoms with Crippen LogP contribution in [0.15, 0.2) is 57.7 Å². The smallest absolute Gasteiger partial charge is 0.336 e. The van der Waals surface area contributed by atoms with Gasteiger partial charge < -0.3 is 14.5 Å². The zero-order chi connectivity index (χ0) is 19.6. The van der Waals surface area contributed by atoms with Crippen molar-refractivity contribution in [2.45, 2.75) is 32.9 Å². The Balaban J connectivity index is 1.69. The fraction of sp³-hybridized carbons (Fsp3) is 0.238. The first-order valence-corrected chi connectivity index (χ1v) is 8.60. The van der Waals surface area contributed by atoms with E-state index in [9.17, 15) is 14.0 Å². The molecule has 0 spiro atoms. The van der Waals surface area contributed by atoms with Crippen molar-refractivity contribution in [2.75, 3.05) is 0 Å². The molecule has 0 aliphatic carbocycles. The second-order valence-corrected chi connectivity index (χ2v) is 6.45. The van der Waals surface area contributed by atoms with Gasteiger partial charge in [0.1, 0.15) is 17.1 Å². The molecule has 0 unspecified atom stereocenters. The van der Waals surface area contributed by atoms with E-state index >= 15 is 0 Å². The summed E-state index contributed by atoms with van der Waals surface area (Å²) >= 11 is 0. The lowest BCUT2D eigenvalue weighted by molar-refractivity contribution is -0.127. The van der Waals surface area contributed by atoms with Gasteiger partial charge >= 0.3 is 5.63 Å². The first-order chi connectivity index (χ1) is 12.8. The predicted octanol–water partition coefficient (Wildman–Crippen LogP) is 3.89. The molecule has 140 valence electrons. The number of halogens is 1. The first kappa shape index (κ1) is 18.6. The highest BCUT2D eigenvalue weighted by Crippen LogP contribution is 2.23. The number of ether oxygens (including phenoxy) is 1. The Morgan fingerprint density at radius 1 is 1.11 bits per heavy atom. The molecule has 0 aliphatic rings. The van der Waals surface area contributed by atoms with Gasteiger partial charge in [0.15, 0.2) is 6.10 Å². The van der Waals surface area contributed by atoms with Gasteiger partial charge in [-0.1, -0.05) is 12.1 Å². The van der Waals surface area contributed by atoms with Gasteiger partial charge in [0, 0.05) is 17.5 Å². The summed E-state index contributed by atoms with van der Waals surface area (Å²) in [5.74, 6) is -0.210. The Morgan fingerprint density at radius 2 is 1.81 bits per heavy atom. The normalized spacial score (nSPS) is 13.2.